The molecule has 0 saturated heterocycles. The Morgan fingerprint density at radius 3 is 1.90 bits per heavy atom. The third kappa shape index (κ3) is 8.66. The second-order valence-electron chi connectivity index (χ2n) is 6.05. The largest absolute Gasteiger partial charge is 0.490 e. The van der Waals surface area contributed by atoms with Crippen LogP contribution in [-0.4, -0.2) is 39.0 Å². The van der Waals surface area contributed by atoms with E-state index in [9.17, 15) is 13.2 Å². The van der Waals surface area contributed by atoms with Gasteiger partial charge in [0.05, 0.1) is 17.5 Å². The molecule has 3 aromatic carbocycles. The normalized spacial score (nSPS) is 10.3. The van der Waals surface area contributed by atoms with E-state index in [1.54, 1.807) is 36.4 Å². The van der Waals surface area contributed by atoms with Gasteiger partial charge in [0.25, 0.3) is 0 Å². The van der Waals surface area contributed by atoms with Crippen LogP contribution in [0.5, 0.6) is 11.5 Å². The number of para-hydroxylation sites is 2. The molecule has 0 radical (unpaired) electrons. The highest BCUT2D eigenvalue weighted by atomic mass is 32.2. The third-order valence-electron chi connectivity index (χ3n) is 3.56. The van der Waals surface area contributed by atoms with Gasteiger partial charge in [0.15, 0.2) is 0 Å². The maximum atomic E-state index is 11.3. The first-order valence-corrected chi connectivity index (χ1v) is 10.9. The van der Waals surface area contributed by atoms with Gasteiger partial charge in [0, 0.05) is 0 Å². The monoisotopic (exact) mass is 429 g/mol. The molecule has 0 fully saturated rings. The predicted molar refractivity (Wildman–Crippen MR) is 116 cm³/mol. The molecule has 8 heteroatoms. The molecule has 0 unspecified atom stereocenters. The van der Waals surface area contributed by atoms with Crippen molar-refractivity contribution in [2.45, 2.75) is 0 Å². The Bertz CT molecular complexity index is 994. The zero-order chi connectivity index (χ0) is 21.8. The van der Waals surface area contributed by atoms with Gasteiger partial charge in [0.2, 0.25) is 10.0 Å². The molecular weight excluding hydrogens is 406 g/mol. The van der Waals surface area contributed by atoms with Crippen LogP contribution in [0.3, 0.4) is 0 Å². The van der Waals surface area contributed by atoms with Crippen molar-refractivity contribution >= 4 is 21.7 Å². The van der Waals surface area contributed by atoms with Crippen molar-refractivity contribution in [2.24, 2.45) is 0 Å². The fourth-order valence-corrected chi connectivity index (χ4v) is 2.83. The number of carbonyl (C=O) groups is 1. The molecule has 0 spiro atoms. The van der Waals surface area contributed by atoms with Crippen molar-refractivity contribution < 1.29 is 27.8 Å². The summed E-state index contributed by atoms with van der Waals surface area (Å²) in [5, 5.41) is 8.81. The Kier molecular flexibility index (Phi) is 8.71. The van der Waals surface area contributed by atoms with Gasteiger partial charge < -0.3 is 14.6 Å². The summed E-state index contributed by atoms with van der Waals surface area (Å²) >= 11 is 0. The number of sulfonamides is 1. The van der Waals surface area contributed by atoms with E-state index in [-0.39, 0.29) is 18.8 Å². The van der Waals surface area contributed by atoms with Crippen LogP contribution in [0.15, 0.2) is 84.9 Å². The van der Waals surface area contributed by atoms with Crippen LogP contribution >= 0.6 is 0 Å². The Morgan fingerprint density at radius 1 is 0.833 bits per heavy atom. The molecule has 7 nitrogen and oxygen atoms in total. The molecule has 30 heavy (non-hydrogen) atoms. The number of carboxylic acids is 1. The van der Waals surface area contributed by atoms with Crippen LogP contribution in [0, 0.1) is 0 Å². The number of hydrogen-bond donors (Lipinski definition) is 2. The minimum Gasteiger partial charge on any atom is -0.490 e. The smallest absolute Gasteiger partial charge is 0.335 e. The summed E-state index contributed by atoms with van der Waals surface area (Å²) in [6, 6.07) is 24.7. The molecule has 2 N–H and O–H groups in total. The van der Waals surface area contributed by atoms with E-state index in [0.717, 1.165) is 6.26 Å². The van der Waals surface area contributed by atoms with Crippen molar-refractivity contribution in [3.8, 4) is 11.5 Å². The van der Waals surface area contributed by atoms with Crippen LogP contribution < -0.4 is 14.2 Å². The summed E-state index contributed by atoms with van der Waals surface area (Å²) in [6.45, 7) is 0.419. The molecule has 0 atom stereocenters. The van der Waals surface area contributed by atoms with Crippen LogP contribution in [0.4, 0.5) is 5.69 Å². The summed E-state index contributed by atoms with van der Waals surface area (Å²) in [4.78, 5) is 10.8. The zero-order valence-corrected chi connectivity index (χ0v) is 17.2. The van der Waals surface area contributed by atoms with Crippen molar-refractivity contribution in [3.05, 3.63) is 90.5 Å². The Labute approximate surface area is 176 Å². The topological polar surface area (TPSA) is 102 Å². The van der Waals surface area contributed by atoms with Gasteiger partial charge in [-0.05, 0) is 36.4 Å². The maximum Gasteiger partial charge on any atom is 0.335 e. The average molecular weight is 429 g/mol. The number of aromatic carboxylic acids is 1. The number of carboxylic acid groups (broad SMARTS) is 1. The molecule has 0 aliphatic rings. The highest BCUT2D eigenvalue weighted by molar-refractivity contribution is 7.92. The van der Waals surface area contributed by atoms with Crippen LogP contribution in [0.2, 0.25) is 0 Å². The van der Waals surface area contributed by atoms with Crippen molar-refractivity contribution in [1.82, 2.24) is 0 Å². The molecule has 3 aromatic rings. The van der Waals surface area contributed by atoms with Gasteiger partial charge in [0.1, 0.15) is 24.7 Å². The lowest BCUT2D eigenvalue weighted by molar-refractivity contribution is 0.0697. The van der Waals surface area contributed by atoms with Crippen LogP contribution in [0.25, 0.3) is 0 Å². The lowest BCUT2D eigenvalue weighted by Crippen LogP contribution is -2.13. The molecular formula is C22H23NO6S. The number of anilines is 1. The maximum absolute atomic E-state index is 11.3. The van der Waals surface area contributed by atoms with Gasteiger partial charge in [-0.1, -0.05) is 48.5 Å². The molecule has 0 heterocycles. The lowest BCUT2D eigenvalue weighted by Gasteiger charge is -2.12. The number of ether oxygens (including phenoxy) is 2. The van der Waals surface area contributed by atoms with Crippen molar-refractivity contribution in [2.75, 3.05) is 24.2 Å². The second kappa shape index (κ2) is 11.5. The van der Waals surface area contributed by atoms with Crippen LogP contribution in [0.1, 0.15) is 10.4 Å². The standard InChI is InChI=1S/C16H17NO6S.C6H6/c1-24(20,21)17-14-4-2-3-5-15(14)23-11-10-22-13-8-6-12(7-9-13)16(18)19;1-2-4-6-5-3-1/h2-9,17H,10-11H2,1H3,(H,18,19);1-6H. The minimum atomic E-state index is -3.39. The molecule has 158 valence electrons. The van der Waals surface area contributed by atoms with E-state index in [4.69, 9.17) is 14.6 Å². The van der Waals surface area contributed by atoms with Gasteiger partial charge in [-0.3, -0.25) is 4.72 Å². The molecule has 3 rings (SSSR count). The quantitative estimate of drug-likeness (QED) is 0.527. The van der Waals surface area contributed by atoms with Gasteiger partial charge >= 0.3 is 5.97 Å². The highest BCUT2D eigenvalue weighted by Gasteiger charge is 2.08. The minimum absolute atomic E-state index is 0.180. The molecule has 0 bridgehead atoms. The fourth-order valence-electron chi connectivity index (χ4n) is 2.27. The summed E-state index contributed by atoms with van der Waals surface area (Å²) in [5.74, 6) is -0.0845. The fraction of sp³-hybridized carbons (Fsp3) is 0.136. The highest BCUT2D eigenvalue weighted by Crippen LogP contribution is 2.24. The number of hydrogen-bond acceptors (Lipinski definition) is 5. The molecule has 0 amide bonds. The third-order valence-corrected chi connectivity index (χ3v) is 4.15. The van der Waals surface area contributed by atoms with Crippen molar-refractivity contribution in [3.63, 3.8) is 0 Å². The van der Waals surface area contributed by atoms with Gasteiger partial charge in [-0.15, -0.1) is 0 Å². The summed E-state index contributed by atoms with van der Waals surface area (Å²) in [7, 11) is -3.39. The first-order chi connectivity index (χ1) is 14.3. The number of benzene rings is 3. The van der Waals surface area contributed by atoms with Gasteiger partial charge in [-0.25, -0.2) is 13.2 Å². The summed E-state index contributed by atoms with van der Waals surface area (Å²) < 4.78 is 36.0. The summed E-state index contributed by atoms with van der Waals surface area (Å²) in [5.41, 5.74) is 0.533. The SMILES string of the molecule is CS(=O)(=O)Nc1ccccc1OCCOc1ccc(C(=O)O)cc1.c1ccccc1. The first kappa shape index (κ1) is 22.8. The van der Waals surface area contributed by atoms with E-state index in [2.05, 4.69) is 4.72 Å². The average Bonchev–Trinajstić information content (AvgIpc) is 2.73. The number of rotatable bonds is 8. The van der Waals surface area contributed by atoms with Crippen molar-refractivity contribution in [1.29, 1.82) is 0 Å². The van der Waals surface area contributed by atoms with E-state index < -0.39 is 16.0 Å². The van der Waals surface area contributed by atoms with E-state index in [0.29, 0.717) is 17.2 Å². The molecule has 0 aliphatic carbocycles. The van der Waals surface area contributed by atoms with E-state index >= 15 is 0 Å². The number of nitrogens with one attached hydrogen (secondary N) is 1. The predicted octanol–water partition coefficient (Wildman–Crippen LogP) is 3.90. The Morgan fingerprint density at radius 2 is 1.37 bits per heavy atom. The Balaban J connectivity index is 0.000000456. The Hall–Kier alpha value is -3.52. The van der Waals surface area contributed by atoms with Crippen LogP contribution in [-0.2, 0) is 10.0 Å². The van der Waals surface area contributed by atoms with Gasteiger partial charge in [-0.2, -0.15) is 0 Å². The molecule has 0 aromatic heterocycles. The first-order valence-electron chi connectivity index (χ1n) is 9.01. The summed E-state index contributed by atoms with van der Waals surface area (Å²) in [6.07, 6.45) is 1.06. The second-order valence-corrected chi connectivity index (χ2v) is 7.80. The molecule has 0 saturated carbocycles. The lowest BCUT2D eigenvalue weighted by atomic mass is 10.2. The zero-order valence-electron chi connectivity index (χ0n) is 16.4. The van der Waals surface area contributed by atoms with E-state index in [1.165, 1.54) is 12.1 Å². The van der Waals surface area contributed by atoms with E-state index in [1.807, 2.05) is 36.4 Å². The molecule has 0 aliphatic heterocycles.